The van der Waals surface area contributed by atoms with Crippen LogP contribution in [-0.4, -0.2) is 19.9 Å². The van der Waals surface area contributed by atoms with E-state index in [9.17, 15) is 8.42 Å². The molecule has 106 valence electrons. The van der Waals surface area contributed by atoms with Gasteiger partial charge in [-0.1, -0.05) is 11.6 Å². The lowest BCUT2D eigenvalue weighted by Crippen LogP contribution is -2.26. The van der Waals surface area contributed by atoms with Gasteiger partial charge in [0, 0.05) is 24.6 Å². The molecule has 7 heteroatoms. The molecule has 0 spiro atoms. The van der Waals surface area contributed by atoms with Gasteiger partial charge in [-0.2, -0.15) is 0 Å². The second-order valence-electron chi connectivity index (χ2n) is 4.19. The van der Waals surface area contributed by atoms with Crippen molar-refractivity contribution in [3.05, 3.63) is 53.3 Å². The summed E-state index contributed by atoms with van der Waals surface area (Å²) in [4.78, 5) is 3.93. The van der Waals surface area contributed by atoms with E-state index in [0.29, 0.717) is 12.1 Å². The van der Waals surface area contributed by atoms with Crippen LogP contribution in [0.2, 0.25) is 5.02 Å². The van der Waals surface area contributed by atoms with Crippen molar-refractivity contribution in [2.45, 2.75) is 11.3 Å². The highest BCUT2D eigenvalue weighted by atomic mass is 35.5. The maximum atomic E-state index is 12.1. The Labute approximate surface area is 122 Å². The van der Waals surface area contributed by atoms with Crippen molar-refractivity contribution in [2.75, 3.05) is 12.3 Å². The van der Waals surface area contributed by atoms with Crippen LogP contribution < -0.4 is 10.5 Å². The highest BCUT2D eigenvalue weighted by Gasteiger charge is 2.17. The third-order valence-electron chi connectivity index (χ3n) is 2.70. The molecule has 0 aliphatic heterocycles. The van der Waals surface area contributed by atoms with Crippen LogP contribution in [0.15, 0.2) is 47.6 Å². The van der Waals surface area contributed by atoms with Crippen LogP contribution in [0.25, 0.3) is 0 Å². The minimum atomic E-state index is -3.63. The Kier molecular flexibility index (Phi) is 4.59. The van der Waals surface area contributed by atoms with Crippen molar-refractivity contribution in [1.29, 1.82) is 0 Å². The Morgan fingerprint density at radius 2 is 1.90 bits per heavy atom. The molecule has 0 unspecified atom stereocenters. The van der Waals surface area contributed by atoms with E-state index in [-0.39, 0.29) is 16.5 Å². The molecule has 2 aromatic rings. The van der Waals surface area contributed by atoms with Crippen LogP contribution in [0.3, 0.4) is 0 Å². The summed E-state index contributed by atoms with van der Waals surface area (Å²) < 4.78 is 26.7. The summed E-state index contributed by atoms with van der Waals surface area (Å²) in [6, 6.07) is 7.99. The van der Waals surface area contributed by atoms with Crippen LogP contribution >= 0.6 is 11.6 Å². The number of nitrogen functional groups attached to an aromatic ring is 1. The number of nitrogens with two attached hydrogens (primary N) is 1. The normalized spacial score (nSPS) is 11.4. The van der Waals surface area contributed by atoms with Gasteiger partial charge in [-0.25, -0.2) is 13.1 Å². The highest BCUT2D eigenvalue weighted by molar-refractivity contribution is 7.89. The van der Waals surface area contributed by atoms with E-state index in [1.54, 1.807) is 12.4 Å². The minimum Gasteiger partial charge on any atom is -0.399 e. The SMILES string of the molecule is Nc1ccc(S(=O)(=O)NCCc2ccncc2)c(Cl)c1. The summed E-state index contributed by atoms with van der Waals surface area (Å²) in [5.74, 6) is 0. The molecule has 0 aliphatic carbocycles. The van der Waals surface area contributed by atoms with Crippen molar-refractivity contribution in [1.82, 2.24) is 9.71 Å². The highest BCUT2D eigenvalue weighted by Crippen LogP contribution is 2.23. The first-order valence-electron chi connectivity index (χ1n) is 5.92. The van der Waals surface area contributed by atoms with E-state index in [4.69, 9.17) is 17.3 Å². The Hall–Kier alpha value is -1.63. The first-order chi connectivity index (χ1) is 9.49. The number of pyridine rings is 1. The number of benzene rings is 1. The molecule has 1 aromatic carbocycles. The lowest BCUT2D eigenvalue weighted by atomic mass is 10.2. The molecule has 0 amide bonds. The summed E-state index contributed by atoms with van der Waals surface area (Å²) in [7, 11) is -3.63. The number of nitrogens with one attached hydrogen (secondary N) is 1. The van der Waals surface area contributed by atoms with E-state index in [0.717, 1.165) is 5.56 Å². The molecule has 3 N–H and O–H groups in total. The van der Waals surface area contributed by atoms with E-state index < -0.39 is 10.0 Å². The molecule has 1 aromatic heterocycles. The van der Waals surface area contributed by atoms with Crippen LogP contribution in [-0.2, 0) is 16.4 Å². The van der Waals surface area contributed by atoms with Gasteiger partial charge in [0.25, 0.3) is 0 Å². The number of aromatic nitrogens is 1. The lowest BCUT2D eigenvalue weighted by molar-refractivity contribution is 0.581. The molecule has 0 atom stereocenters. The zero-order valence-corrected chi connectivity index (χ0v) is 12.2. The number of halogens is 1. The van der Waals surface area contributed by atoms with Crippen LogP contribution in [0, 0.1) is 0 Å². The van der Waals surface area contributed by atoms with Gasteiger partial charge >= 0.3 is 0 Å². The number of nitrogens with zero attached hydrogens (tertiary/aromatic N) is 1. The van der Waals surface area contributed by atoms with Crippen LogP contribution in [0.1, 0.15) is 5.56 Å². The average Bonchev–Trinajstić information content (AvgIpc) is 2.39. The van der Waals surface area contributed by atoms with Gasteiger partial charge in [-0.05, 0) is 42.3 Å². The van der Waals surface area contributed by atoms with Gasteiger partial charge < -0.3 is 5.73 Å². The molecule has 20 heavy (non-hydrogen) atoms. The monoisotopic (exact) mass is 311 g/mol. The predicted octanol–water partition coefficient (Wildman–Crippen LogP) is 1.84. The molecule has 1 heterocycles. The summed E-state index contributed by atoms with van der Waals surface area (Å²) in [6.07, 6.45) is 3.91. The molecule has 2 rings (SSSR count). The van der Waals surface area contributed by atoms with Crippen molar-refractivity contribution >= 4 is 27.3 Å². The summed E-state index contributed by atoms with van der Waals surface area (Å²) in [5, 5.41) is 0.112. The van der Waals surface area contributed by atoms with Crippen molar-refractivity contribution in [2.24, 2.45) is 0 Å². The topological polar surface area (TPSA) is 85.1 Å². The number of rotatable bonds is 5. The minimum absolute atomic E-state index is 0.0306. The number of hydrogen-bond donors (Lipinski definition) is 2. The fourth-order valence-corrected chi connectivity index (χ4v) is 3.27. The molecular weight excluding hydrogens is 298 g/mol. The van der Waals surface area contributed by atoms with Crippen LogP contribution in [0.4, 0.5) is 5.69 Å². The van der Waals surface area contributed by atoms with Gasteiger partial charge in [0.1, 0.15) is 4.90 Å². The Balaban J connectivity index is 2.04. The second-order valence-corrected chi connectivity index (χ2v) is 6.34. The van der Waals surface area contributed by atoms with Gasteiger partial charge in [-0.3, -0.25) is 4.98 Å². The Morgan fingerprint density at radius 1 is 1.20 bits per heavy atom. The number of hydrogen-bond acceptors (Lipinski definition) is 4. The van der Waals surface area contributed by atoms with E-state index in [1.807, 2.05) is 12.1 Å². The van der Waals surface area contributed by atoms with Crippen molar-refractivity contribution in [3.63, 3.8) is 0 Å². The molecule has 0 bridgehead atoms. The fraction of sp³-hybridized carbons (Fsp3) is 0.154. The average molecular weight is 312 g/mol. The van der Waals surface area contributed by atoms with E-state index in [2.05, 4.69) is 9.71 Å². The summed E-state index contributed by atoms with van der Waals surface area (Å²) in [6.45, 7) is 0.285. The Morgan fingerprint density at radius 3 is 2.55 bits per heavy atom. The summed E-state index contributed by atoms with van der Waals surface area (Å²) in [5.41, 5.74) is 6.97. The number of anilines is 1. The van der Waals surface area contributed by atoms with Gasteiger partial charge in [-0.15, -0.1) is 0 Å². The van der Waals surface area contributed by atoms with E-state index in [1.165, 1.54) is 18.2 Å². The van der Waals surface area contributed by atoms with Crippen molar-refractivity contribution < 1.29 is 8.42 Å². The molecule has 0 radical (unpaired) electrons. The molecule has 0 aliphatic rings. The standard InChI is InChI=1S/C13H14ClN3O2S/c14-12-9-11(15)1-2-13(12)20(18,19)17-8-5-10-3-6-16-7-4-10/h1-4,6-7,9,17H,5,8,15H2. The molecule has 0 saturated carbocycles. The van der Waals surface area contributed by atoms with Crippen molar-refractivity contribution in [3.8, 4) is 0 Å². The maximum Gasteiger partial charge on any atom is 0.242 e. The fourth-order valence-electron chi connectivity index (χ4n) is 1.69. The van der Waals surface area contributed by atoms with Crippen LogP contribution in [0.5, 0.6) is 0 Å². The summed E-state index contributed by atoms with van der Waals surface area (Å²) >= 11 is 5.90. The first kappa shape index (κ1) is 14.8. The first-order valence-corrected chi connectivity index (χ1v) is 7.79. The lowest BCUT2D eigenvalue weighted by Gasteiger charge is -2.08. The van der Waals surface area contributed by atoms with Gasteiger partial charge in [0.2, 0.25) is 10.0 Å². The van der Waals surface area contributed by atoms with Gasteiger partial charge in [0.05, 0.1) is 5.02 Å². The third-order valence-corrected chi connectivity index (χ3v) is 4.64. The quantitative estimate of drug-likeness (QED) is 0.825. The Bertz CT molecular complexity index is 690. The predicted molar refractivity (Wildman–Crippen MR) is 79.0 cm³/mol. The third kappa shape index (κ3) is 3.69. The number of sulfonamides is 1. The molecule has 5 nitrogen and oxygen atoms in total. The zero-order valence-electron chi connectivity index (χ0n) is 10.6. The maximum absolute atomic E-state index is 12.1. The molecule has 0 fully saturated rings. The zero-order chi connectivity index (χ0) is 14.6. The smallest absolute Gasteiger partial charge is 0.242 e. The van der Waals surface area contributed by atoms with Gasteiger partial charge in [0.15, 0.2) is 0 Å². The molecular formula is C13H14ClN3O2S. The largest absolute Gasteiger partial charge is 0.399 e. The van der Waals surface area contributed by atoms with E-state index >= 15 is 0 Å². The second kappa shape index (κ2) is 6.21. The molecule has 0 saturated heterocycles.